The third-order valence-corrected chi connectivity index (χ3v) is 5.82. The van der Waals surface area contributed by atoms with Crippen LogP contribution < -0.4 is 9.47 Å². The van der Waals surface area contributed by atoms with E-state index in [1.807, 2.05) is 30.3 Å². The summed E-state index contributed by atoms with van der Waals surface area (Å²) in [5.74, 6) is -0.660. The van der Waals surface area contributed by atoms with Crippen molar-refractivity contribution in [2.24, 2.45) is 0 Å². The quantitative estimate of drug-likeness (QED) is 0.294. The molecule has 1 aliphatic rings. The Morgan fingerprint density at radius 2 is 1.54 bits per heavy atom. The van der Waals surface area contributed by atoms with Gasteiger partial charge in [-0.3, -0.25) is 0 Å². The average Bonchev–Trinajstić information content (AvgIpc) is 2.90. The van der Waals surface area contributed by atoms with Crippen LogP contribution in [0.1, 0.15) is 43.8 Å². The van der Waals surface area contributed by atoms with Crippen LogP contribution >= 0.6 is 0 Å². The van der Waals surface area contributed by atoms with Crippen LogP contribution in [-0.4, -0.2) is 78.8 Å². The molecular weight excluding hydrogens is 472 g/mol. The Kier molecular flexibility index (Phi) is 13.9. The fourth-order valence-corrected chi connectivity index (χ4v) is 3.91. The second-order valence-electron chi connectivity index (χ2n) is 9.19. The first kappa shape index (κ1) is 29.9. The van der Waals surface area contributed by atoms with E-state index in [1.54, 1.807) is 0 Å². The number of benzene rings is 2. The van der Waals surface area contributed by atoms with Gasteiger partial charge in [-0.1, -0.05) is 36.8 Å². The molecule has 0 aliphatic carbocycles. The molecule has 0 amide bonds. The lowest BCUT2D eigenvalue weighted by molar-refractivity contribution is -0.134. The molecule has 1 atom stereocenters. The minimum Gasteiger partial charge on any atom is -0.494 e. The Bertz CT molecular complexity index is 925. The first-order chi connectivity index (χ1) is 17.8. The van der Waals surface area contributed by atoms with Crippen molar-refractivity contribution < 1.29 is 29.3 Å². The van der Waals surface area contributed by atoms with Crippen LogP contribution in [0, 0.1) is 0 Å². The number of rotatable bonds is 13. The molecule has 0 saturated carbocycles. The first-order valence-corrected chi connectivity index (χ1v) is 12.8. The second kappa shape index (κ2) is 17.2. The SMILES string of the molecule is CN(C)CCC(Oc1ccccc1)c1ccc(OCCCN2CCCCC2)cc1.O=C(O)C=CC(=O)O. The molecule has 1 fully saturated rings. The van der Waals surface area contributed by atoms with Crippen LogP contribution in [0.25, 0.3) is 0 Å². The Hall–Kier alpha value is -3.36. The van der Waals surface area contributed by atoms with E-state index in [1.165, 1.54) is 37.9 Å². The zero-order valence-electron chi connectivity index (χ0n) is 21.9. The monoisotopic (exact) mass is 512 g/mol. The van der Waals surface area contributed by atoms with Gasteiger partial charge in [0.2, 0.25) is 0 Å². The zero-order chi connectivity index (χ0) is 26.9. The molecule has 0 aromatic heterocycles. The van der Waals surface area contributed by atoms with E-state index in [9.17, 15) is 9.59 Å². The van der Waals surface area contributed by atoms with Gasteiger partial charge in [-0.05, 0) is 76.3 Å². The molecule has 1 saturated heterocycles. The van der Waals surface area contributed by atoms with Crippen molar-refractivity contribution in [1.82, 2.24) is 9.80 Å². The van der Waals surface area contributed by atoms with Gasteiger partial charge in [0, 0.05) is 31.7 Å². The summed E-state index contributed by atoms with van der Waals surface area (Å²) < 4.78 is 12.3. The van der Waals surface area contributed by atoms with E-state index >= 15 is 0 Å². The number of hydrogen-bond donors (Lipinski definition) is 2. The maximum absolute atomic E-state index is 9.55. The Labute approximate surface area is 220 Å². The van der Waals surface area contributed by atoms with Gasteiger partial charge in [0.1, 0.15) is 17.6 Å². The van der Waals surface area contributed by atoms with Crippen LogP contribution in [0.5, 0.6) is 11.5 Å². The van der Waals surface area contributed by atoms with Gasteiger partial charge in [0.15, 0.2) is 0 Å². The lowest BCUT2D eigenvalue weighted by atomic mass is 10.1. The van der Waals surface area contributed by atoms with Gasteiger partial charge in [-0.2, -0.15) is 0 Å². The lowest BCUT2D eigenvalue weighted by Crippen LogP contribution is -2.31. The molecule has 1 heterocycles. The molecule has 0 bridgehead atoms. The van der Waals surface area contributed by atoms with Crippen molar-refractivity contribution in [3.63, 3.8) is 0 Å². The Morgan fingerprint density at radius 3 is 2.11 bits per heavy atom. The third-order valence-electron chi connectivity index (χ3n) is 5.82. The molecule has 3 rings (SSSR count). The molecule has 2 N–H and O–H groups in total. The molecule has 8 heteroatoms. The lowest BCUT2D eigenvalue weighted by Gasteiger charge is -2.26. The van der Waals surface area contributed by atoms with Gasteiger partial charge in [0.05, 0.1) is 6.61 Å². The van der Waals surface area contributed by atoms with Gasteiger partial charge < -0.3 is 29.5 Å². The van der Waals surface area contributed by atoms with E-state index in [-0.39, 0.29) is 6.10 Å². The molecule has 0 spiro atoms. The van der Waals surface area contributed by atoms with Crippen molar-refractivity contribution in [2.75, 3.05) is 46.9 Å². The highest BCUT2D eigenvalue weighted by Crippen LogP contribution is 2.26. The smallest absolute Gasteiger partial charge is 0.328 e. The summed E-state index contributed by atoms with van der Waals surface area (Å²) in [5, 5.41) is 15.6. The summed E-state index contributed by atoms with van der Waals surface area (Å²) in [7, 11) is 4.20. The summed E-state index contributed by atoms with van der Waals surface area (Å²) in [6.45, 7) is 5.41. The summed E-state index contributed by atoms with van der Waals surface area (Å²) in [6.07, 6.45) is 7.27. The van der Waals surface area contributed by atoms with E-state index in [0.717, 1.165) is 44.0 Å². The van der Waals surface area contributed by atoms with Crippen LogP contribution in [0.4, 0.5) is 0 Å². The van der Waals surface area contributed by atoms with Gasteiger partial charge in [0.25, 0.3) is 0 Å². The van der Waals surface area contributed by atoms with E-state index < -0.39 is 11.9 Å². The summed E-state index contributed by atoms with van der Waals surface area (Å²) in [6, 6.07) is 18.5. The zero-order valence-corrected chi connectivity index (χ0v) is 21.9. The Balaban J connectivity index is 0.000000521. The van der Waals surface area contributed by atoms with Crippen molar-refractivity contribution in [3.8, 4) is 11.5 Å². The predicted octanol–water partition coefficient (Wildman–Crippen LogP) is 4.73. The van der Waals surface area contributed by atoms with E-state index in [4.69, 9.17) is 19.7 Å². The molecule has 2 aromatic rings. The van der Waals surface area contributed by atoms with E-state index in [0.29, 0.717) is 12.2 Å². The number of para-hydroxylation sites is 1. The number of carboxylic acids is 2. The van der Waals surface area contributed by atoms with Crippen molar-refractivity contribution in [2.45, 2.75) is 38.2 Å². The summed E-state index contributed by atoms with van der Waals surface area (Å²) in [4.78, 5) is 23.9. The van der Waals surface area contributed by atoms with Gasteiger partial charge in [-0.25, -0.2) is 9.59 Å². The average molecular weight is 513 g/mol. The standard InChI is InChI=1S/C25H36N2O2.C4H4O4/c1-26(2)20-16-25(29-24-10-5-3-6-11-24)22-12-14-23(15-13-22)28-21-9-19-27-17-7-4-8-18-27;5-3(6)1-2-4(7)8/h3,5-6,10-15,25H,4,7-9,16-21H2,1-2H3;1-2H,(H,5,6)(H,7,8). The van der Waals surface area contributed by atoms with Crippen molar-refractivity contribution >= 4 is 11.9 Å². The fourth-order valence-electron chi connectivity index (χ4n) is 3.91. The van der Waals surface area contributed by atoms with Crippen LogP contribution in [0.3, 0.4) is 0 Å². The molecule has 8 nitrogen and oxygen atoms in total. The summed E-state index contributed by atoms with van der Waals surface area (Å²) >= 11 is 0. The number of carboxylic acid groups (broad SMARTS) is 2. The topological polar surface area (TPSA) is 99.5 Å². The number of carbonyl (C=O) groups is 2. The summed E-state index contributed by atoms with van der Waals surface area (Å²) in [5.41, 5.74) is 1.19. The third kappa shape index (κ3) is 13.5. The molecule has 0 radical (unpaired) electrons. The molecular formula is C29H40N2O6. The normalized spacial score (nSPS) is 14.6. The molecule has 202 valence electrons. The number of ether oxygens (including phenoxy) is 2. The molecule has 1 unspecified atom stereocenters. The van der Waals surface area contributed by atoms with Crippen molar-refractivity contribution in [1.29, 1.82) is 0 Å². The highest BCUT2D eigenvalue weighted by Gasteiger charge is 2.14. The molecule has 2 aromatic carbocycles. The second-order valence-corrected chi connectivity index (χ2v) is 9.19. The number of aliphatic carboxylic acids is 2. The van der Waals surface area contributed by atoms with Gasteiger partial charge >= 0.3 is 11.9 Å². The van der Waals surface area contributed by atoms with E-state index in [2.05, 4.69) is 48.2 Å². The maximum atomic E-state index is 9.55. The van der Waals surface area contributed by atoms with Gasteiger partial charge in [-0.15, -0.1) is 0 Å². The van der Waals surface area contributed by atoms with Crippen LogP contribution in [0.15, 0.2) is 66.7 Å². The number of hydrogen-bond acceptors (Lipinski definition) is 6. The highest BCUT2D eigenvalue weighted by molar-refractivity contribution is 5.89. The number of likely N-dealkylation sites (tertiary alicyclic amines) is 1. The molecule has 37 heavy (non-hydrogen) atoms. The minimum atomic E-state index is -1.26. The predicted molar refractivity (Wildman–Crippen MR) is 144 cm³/mol. The van der Waals surface area contributed by atoms with Crippen LogP contribution in [0.2, 0.25) is 0 Å². The van der Waals surface area contributed by atoms with Crippen LogP contribution in [-0.2, 0) is 9.59 Å². The number of piperidine rings is 1. The largest absolute Gasteiger partial charge is 0.494 e. The first-order valence-electron chi connectivity index (χ1n) is 12.8. The minimum absolute atomic E-state index is 0.0351. The number of nitrogens with zero attached hydrogens (tertiary/aromatic N) is 2. The molecule has 1 aliphatic heterocycles. The maximum Gasteiger partial charge on any atom is 0.328 e. The Morgan fingerprint density at radius 1 is 0.919 bits per heavy atom. The highest BCUT2D eigenvalue weighted by atomic mass is 16.5. The van der Waals surface area contributed by atoms with Crippen molar-refractivity contribution in [3.05, 3.63) is 72.3 Å². The fraction of sp³-hybridized carbons (Fsp3) is 0.448.